The van der Waals surface area contributed by atoms with Crippen LogP contribution in [-0.2, 0) is 18.2 Å². The lowest BCUT2D eigenvalue weighted by Gasteiger charge is -2.19. The van der Waals surface area contributed by atoms with Gasteiger partial charge < -0.3 is 21.1 Å². The molecule has 0 aliphatic rings. The molecule has 4 N–H and O–H groups in total. The minimum atomic E-state index is -0.470. The van der Waals surface area contributed by atoms with Crippen LogP contribution in [0.15, 0.2) is 0 Å². The average molecular weight is 297 g/mol. The molecule has 0 aliphatic heterocycles. The van der Waals surface area contributed by atoms with Crippen molar-refractivity contribution in [3.8, 4) is 0 Å². The van der Waals surface area contributed by atoms with Gasteiger partial charge in [0.15, 0.2) is 0 Å². The number of hydrogen-bond acceptors (Lipinski definition) is 5. The molecule has 1 aromatic rings. The van der Waals surface area contributed by atoms with Gasteiger partial charge in [-0.25, -0.2) is 4.79 Å². The number of ether oxygens (including phenoxy) is 1. The van der Waals surface area contributed by atoms with Gasteiger partial charge in [-0.2, -0.15) is 5.10 Å². The Bertz CT molecular complexity index is 476. The maximum atomic E-state index is 11.5. The molecule has 1 amide bonds. The molecule has 0 spiro atoms. The second-order valence-electron chi connectivity index (χ2n) is 5.90. The third kappa shape index (κ3) is 5.53. The quantitative estimate of drug-likeness (QED) is 0.697. The third-order valence-electron chi connectivity index (χ3n) is 2.81. The molecular weight excluding hydrogens is 270 g/mol. The first-order valence-corrected chi connectivity index (χ1v) is 7.26. The van der Waals surface area contributed by atoms with E-state index in [4.69, 9.17) is 10.5 Å². The van der Waals surface area contributed by atoms with E-state index in [1.807, 2.05) is 34.7 Å². The smallest absolute Gasteiger partial charge is 0.407 e. The highest BCUT2D eigenvalue weighted by atomic mass is 16.6. The number of alkyl carbamates (subject to hydrolysis) is 1. The molecule has 0 aliphatic carbocycles. The summed E-state index contributed by atoms with van der Waals surface area (Å²) in [4.78, 5) is 11.5. The topological polar surface area (TPSA) is 94.2 Å². The van der Waals surface area contributed by atoms with Crippen molar-refractivity contribution < 1.29 is 9.53 Å². The molecule has 120 valence electrons. The Hall–Kier alpha value is -1.92. The van der Waals surface area contributed by atoms with Crippen LogP contribution in [-0.4, -0.2) is 34.6 Å². The molecule has 7 heteroatoms. The predicted octanol–water partition coefficient (Wildman–Crippen LogP) is 1.89. The number of aryl methyl sites for hydroxylation is 2. The summed E-state index contributed by atoms with van der Waals surface area (Å²) < 4.78 is 6.90. The third-order valence-corrected chi connectivity index (χ3v) is 2.81. The molecule has 7 nitrogen and oxygen atoms in total. The first-order valence-electron chi connectivity index (χ1n) is 7.26. The van der Waals surface area contributed by atoms with Crippen LogP contribution in [0.1, 0.15) is 39.8 Å². The van der Waals surface area contributed by atoms with E-state index in [0.29, 0.717) is 18.8 Å². The molecule has 0 fully saturated rings. The fourth-order valence-electron chi connectivity index (χ4n) is 1.87. The molecule has 1 rings (SSSR count). The van der Waals surface area contributed by atoms with Crippen LogP contribution in [0.4, 0.5) is 16.3 Å². The number of nitrogens with zero attached hydrogens (tertiary/aromatic N) is 2. The highest BCUT2D eigenvalue weighted by molar-refractivity contribution is 5.67. The first kappa shape index (κ1) is 17.1. The van der Waals surface area contributed by atoms with Gasteiger partial charge in [0.2, 0.25) is 0 Å². The Morgan fingerprint density at radius 1 is 1.38 bits per heavy atom. The van der Waals surface area contributed by atoms with Gasteiger partial charge in [-0.1, -0.05) is 6.92 Å². The fraction of sp³-hybridized carbons (Fsp3) is 0.714. The van der Waals surface area contributed by atoms with Crippen molar-refractivity contribution in [3.05, 3.63) is 5.69 Å². The summed E-state index contributed by atoms with van der Waals surface area (Å²) in [6.45, 7) is 8.77. The molecule has 1 heterocycles. The summed E-state index contributed by atoms with van der Waals surface area (Å²) in [6.07, 6.45) is 1.18. The van der Waals surface area contributed by atoms with E-state index in [1.54, 1.807) is 4.68 Å². The second-order valence-corrected chi connectivity index (χ2v) is 5.90. The minimum Gasteiger partial charge on any atom is -0.444 e. The van der Waals surface area contributed by atoms with E-state index in [9.17, 15) is 4.79 Å². The Labute approximate surface area is 126 Å². The van der Waals surface area contributed by atoms with Crippen molar-refractivity contribution in [2.75, 3.05) is 24.1 Å². The van der Waals surface area contributed by atoms with Crippen LogP contribution < -0.4 is 16.4 Å². The van der Waals surface area contributed by atoms with Crippen LogP contribution in [0.5, 0.6) is 0 Å². The predicted molar refractivity (Wildman–Crippen MR) is 84.3 cm³/mol. The standard InChI is InChI=1S/C14H27N5O2/c1-6-10-11(15)12(19(5)18-10)16-8-7-9-17-13(20)21-14(2,3)4/h16H,6-9,15H2,1-5H3,(H,17,20). The number of aromatic nitrogens is 2. The van der Waals surface area contributed by atoms with E-state index >= 15 is 0 Å². The van der Waals surface area contributed by atoms with Crippen LogP contribution in [0.2, 0.25) is 0 Å². The zero-order valence-corrected chi connectivity index (χ0v) is 13.6. The molecule has 0 saturated heterocycles. The number of nitrogens with one attached hydrogen (secondary N) is 2. The van der Waals surface area contributed by atoms with E-state index in [1.165, 1.54) is 0 Å². The van der Waals surface area contributed by atoms with E-state index in [0.717, 1.165) is 24.4 Å². The Balaban J connectivity index is 2.29. The van der Waals surface area contributed by atoms with Gasteiger partial charge in [0.1, 0.15) is 11.4 Å². The van der Waals surface area contributed by atoms with Gasteiger partial charge in [0, 0.05) is 20.1 Å². The zero-order valence-electron chi connectivity index (χ0n) is 13.6. The van der Waals surface area contributed by atoms with Crippen LogP contribution >= 0.6 is 0 Å². The molecule has 1 aromatic heterocycles. The summed E-state index contributed by atoms with van der Waals surface area (Å²) in [5.74, 6) is 0.823. The summed E-state index contributed by atoms with van der Waals surface area (Å²) in [6, 6.07) is 0. The van der Waals surface area contributed by atoms with Gasteiger partial charge in [-0.05, 0) is 33.6 Å². The highest BCUT2D eigenvalue weighted by Gasteiger charge is 2.15. The summed E-state index contributed by atoms with van der Waals surface area (Å²) in [5.41, 5.74) is 7.13. The van der Waals surface area contributed by atoms with Gasteiger partial charge in [-0.15, -0.1) is 0 Å². The SMILES string of the molecule is CCc1nn(C)c(NCCCNC(=O)OC(C)(C)C)c1N. The van der Waals surface area contributed by atoms with E-state index in [2.05, 4.69) is 15.7 Å². The van der Waals surface area contributed by atoms with Crippen LogP contribution in [0, 0.1) is 0 Å². The zero-order chi connectivity index (χ0) is 16.0. The van der Waals surface area contributed by atoms with Crippen LogP contribution in [0.25, 0.3) is 0 Å². The number of nitrogens with two attached hydrogens (primary N) is 1. The van der Waals surface area contributed by atoms with E-state index < -0.39 is 11.7 Å². The van der Waals surface area contributed by atoms with Crippen molar-refractivity contribution in [1.29, 1.82) is 0 Å². The molecule has 0 radical (unpaired) electrons. The Morgan fingerprint density at radius 2 is 2.05 bits per heavy atom. The van der Waals surface area contributed by atoms with Crippen molar-refractivity contribution in [1.82, 2.24) is 15.1 Å². The summed E-state index contributed by atoms with van der Waals surface area (Å²) in [5, 5.41) is 10.3. The van der Waals surface area contributed by atoms with Crippen LogP contribution in [0.3, 0.4) is 0 Å². The number of anilines is 2. The second kappa shape index (κ2) is 7.19. The lowest BCUT2D eigenvalue weighted by atomic mass is 10.2. The van der Waals surface area contributed by atoms with Gasteiger partial charge in [0.25, 0.3) is 0 Å². The molecule has 0 bridgehead atoms. The van der Waals surface area contributed by atoms with Crippen molar-refractivity contribution >= 4 is 17.6 Å². The highest BCUT2D eigenvalue weighted by Crippen LogP contribution is 2.21. The largest absolute Gasteiger partial charge is 0.444 e. The molecule has 0 atom stereocenters. The number of amides is 1. The van der Waals surface area contributed by atoms with Gasteiger partial charge in [-0.3, -0.25) is 4.68 Å². The lowest BCUT2D eigenvalue weighted by Crippen LogP contribution is -2.33. The minimum absolute atomic E-state index is 0.393. The maximum absolute atomic E-state index is 11.5. The molecule has 21 heavy (non-hydrogen) atoms. The molecule has 0 aromatic carbocycles. The monoisotopic (exact) mass is 297 g/mol. The summed E-state index contributed by atoms with van der Waals surface area (Å²) >= 11 is 0. The number of carbonyl (C=O) groups excluding carboxylic acids is 1. The Morgan fingerprint density at radius 3 is 2.57 bits per heavy atom. The van der Waals surface area contributed by atoms with Crippen molar-refractivity contribution in [2.24, 2.45) is 7.05 Å². The fourth-order valence-corrected chi connectivity index (χ4v) is 1.87. The normalized spacial score (nSPS) is 11.3. The maximum Gasteiger partial charge on any atom is 0.407 e. The first-order chi connectivity index (χ1) is 9.74. The average Bonchev–Trinajstić information content (AvgIpc) is 2.63. The Kier molecular flexibility index (Phi) is 5.87. The summed E-state index contributed by atoms with van der Waals surface area (Å²) in [7, 11) is 1.86. The van der Waals surface area contributed by atoms with E-state index in [-0.39, 0.29) is 0 Å². The van der Waals surface area contributed by atoms with Gasteiger partial charge in [0.05, 0.1) is 11.4 Å². The van der Waals surface area contributed by atoms with Crippen molar-refractivity contribution in [2.45, 2.75) is 46.1 Å². The van der Waals surface area contributed by atoms with Crippen molar-refractivity contribution in [3.63, 3.8) is 0 Å². The molecule has 0 saturated carbocycles. The number of rotatable bonds is 6. The number of nitrogen functional groups attached to an aromatic ring is 1. The lowest BCUT2D eigenvalue weighted by molar-refractivity contribution is 0.0528. The number of hydrogen-bond donors (Lipinski definition) is 3. The molecular formula is C14H27N5O2. The molecule has 0 unspecified atom stereocenters. The number of carbonyl (C=O) groups is 1. The van der Waals surface area contributed by atoms with Gasteiger partial charge >= 0.3 is 6.09 Å².